The number of hydrogen-bond acceptors (Lipinski definition) is 2. The average Bonchev–Trinajstić information content (AvgIpc) is 2.72. The normalized spacial score (nSPS) is 23.1. The lowest BCUT2D eigenvalue weighted by Gasteiger charge is -2.37. The molecule has 18 heavy (non-hydrogen) atoms. The van der Waals surface area contributed by atoms with Gasteiger partial charge in [0.2, 0.25) is 0 Å². The molecule has 3 N–H and O–H groups in total. The van der Waals surface area contributed by atoms with E-state index in [4.69, 9.17) is 0 Å². The number of hydrogen-bond donors (Lipinski definition) is 3. The Morgan fingerprint density at radius 1 is 1.28 bits per heavy atom. The van der Waals surface area contributed by atoms with E-state index in [0.717, 1.165) is 13.0 Å². The Morgan fingerprint density at radius 2 is 2.11 bits per heavy atom. The Hall–Kier alpha value is -1.48. The summed E-state index contributed by atoms with van der Waals surface area (Å²) in [5.74, 6) is 0. The van der Waals surface area contributed by atoms with Crippen molar-refractivity contribution in [3.05, 3.63) is 30.5 Å². The zero-order valence-corrected chi connectivity index (χ0v) is 11.1. The maximum Gasteiger partial charge on any atom is 0.0600 e. The van der Waals surface area contributed by atoms with Crippen LogP contribution in [0.25, 0.3) is 10.9 Å². The molecule has 1 aliphatic rings. The summed E-state index contributed by atoms with van der Waals surface area (Å²) in [6, 6.07) is 9.00. The van der Waals surface area contributed by atoms with E-state index in [0.29, 0.717) is 6.04 Å². The number of nitrogens with one attached hydrogen (secondary N) is 3. The first kappa shape index (κ1) is 11.6. The minimum absolute atomic E-state index is 0.238. The van der Waals surface area contributed by atoms with Gasteiger partial charge in [-0.05, 0) is 39.3 Å². The molecule has 0 spiro atoms. The van der Waals surface area contributed by atoms with Crippen molar-refractivity contribution in [1.29, 1.82) is 0 Å². The summed E-state index contributed by atoms with van der Waals surface area (Å²) >= 11 is 0. The minimum Gasteiger partial charge on any atom is -0.380 e. The van der Waals surface area contributed by atoms with Crippen LogP contribution < -0.4 is 10.6 Å². The van der Waals surface area contributed by atoms with Gasteiger partial charge in [-0.2, -0.15) is 0 Å². The van der Waals surface area contributed by atoms with Gasteiger partial charge in [0, 0.05) is 28.7 Å². The molecule has 1 saturated heterocycles. The average molecular weight is 243 g/mol. The third-order valence-corrected chi connectivity index (χ3v) is 3.80. The number of aromatic nitrogens is 1. The Bertz CT molecular complexity index is 541. The van der Waals surface area contributed by atoms with Crippen LogP contribution in [0, 0.1) is 0 Å². The van der Waals surface area contributed by atoms with E-state index in [1.807, 2.05) is 0 Å². The monoisotopic (exact) mass is 243 g/mol. The minimum atomic E-state index is 0.238. The highest BCUT2D eigenvalue weighted by Crippen LogP contribution is 2.27. The molecule has 1 aromatic carbocycles. The van der Waals surface area contributed by atoms with Gasteiger partial charge < -0.3 is 15.6 Å². The summed E-state index contributed by atoms with van der Waals surface area (Å²) in [5.41, 5.74) is 2.67. The van der Waals surface area contributed by atoms with Crippen LogP contribution in [0.1, 0.15) is 26.7 Å². The lowest BCUT2D eigenvalue weighted by atomic mass is 9.89. The molecule has 0 aliphatic carbocycles. The Labute approximate surface area is 108 Å². The molecular formula is C15H21N3. The number of H-pyrrole nitrogens is 1. The molecule has 0 saturated carbocycles. The van der Waals surface area contributed by atoms with Gasteiger partial charge in [-0.25, -0.2) is 0 Å². The quantitative estimate of drug-likeness (QED) is 0.758. The topological polar surface area (TPSA) is 39.9 Å². The summed E-state index contributed by atoms with van der Waals surface area (Å²) in [6.07, 6.45) is 4.43. The second-order valence-electron chi connectivity index (χ2n) is 5.89. The third kappa shape index (κ3) is 2.23. The molecule has 1 unspecified atom stereocenters. The fourth-order valence-corrected chi connectivity index (χ4v) is 2.91. The zero-order valence-electron chi connectivity index (χ0n) is 11.1. The van der Waals surface area contributed by atoms with Gasteiger partial charge in [0.1, 0.15) is 0 Å². The molecule has 3 rings (SSSR count). The van der Waals surface area contributed by atoms with E-state index in [1.54, 1.807) is 0 Å². The van der Waals surface area contributed by atoms with E-state index < -0.39 is 0 Å². The molecule has 1 fully saturated rings. The summed E-state index contributed by atoms with van der Waals surface area (Å²) in [7, 11) is 0. The summed E-state index contributed by atoms with van der Waals surface area (Å²) in [5, 5.41) is 8.53. The molecule has 0 bridgehead atoms. The van der Waals surface area contributed by atoms with Gasteiger partial charge in [0.05, 0.1) is 5.69 Å². The van der Waals surface area contributed by atoms with Crippen LogP contribution in [-0.2, 0) is 0 Å². The first-order valence-electron chi connectivity index (χ1n) is 6.72. The van der Waals surface area contributed by atoms with E-state index in [-0.39, 0.29) is 5.54 Å². The molecule has 2 aromatic rings. The molecule has 1 aromatic heterocycles. The second-order valence-corrected chi connectivity index (χ2v) is 5.89. The van der Waals surface area contributed by atoms with Gasteiger partial charge in [0.15, 0.2) is 0 Å². The van der Waals surface area contributed by atoms with Crippen LogP contribution in [0.2, 0.25) is 0 Å². The second kappa shape index (κ2) is 4.32. The predicted molar refractivity (Wildman–Crippen MR) is 77.0 cm³/mol. The Kier molecular flexibility index (Phi) is 2.78. The van der Waals surface area contributed by atoms with Crippen molar-refractivity contribution < 1.29 is 0 Å². The number of piperidine rings is 1. The highest BCUT2D eigenvalue weighted by molar-refractivity contribution is 5.92. The Balaban J connectivity index is 1.80. The molecule has 3 heteroatoms. The van der Waals surface area contributed by atoms with Crippen molar-refractivity contribution in [3.8, 4) is 0 Å². The summed E-state index contributed by atoms with van der Waals surface area (Å²) in [6.45, 7) is 5.64. The van der Waals surface area contributed by atoms with Gasteiger partial charge >= 0.3 is 0 Å². The number of rotatable bonds is 2. The number of aromatic amines is 1. The standard InChI is InChI=1S/C15H21N3/c1-15(2)9-11(7-8-17-15)18-14-10-16-13-6-4-3-5-12(13)14/h3-6,10-11,16-18H,7-9H2,1-2H3. The van der Waals surface area contributed by atoms with E-state index in [2.05, 4.69) is 59.9 Å². The number of fused-ring (bicyclic) bond motifs is 1. The first-order chi connectivity index (χ1) is 8.64. The van der Waals surface area contributed by atoms with Gasteiger partial charge in [-0.1, -0.05) is 18.2 Å². The van der Waals surface area contributed by atoms with Crippen molar-refractivity contribution in [2.75, 3.05) is 11.9 Å². The van der Waals surface area contributed by atoms with Crippen LogP contribution in [0.4, 0.5) is 5.69 Å². The largest absolute Gasteiger partial charge is 0.380 e. The van der Waals surface area contributed by atoms with Crippen LogP contribution >= 0.6 is 0 Å². The lowest BCUT2D eigenvalue weighted by molar-refractivity contribution is 0.286. The summed E-state index contributed by atoms with van der Waals surface area (Å²) in [4.78, 5) is 3.32. The van der Waals surface area contributed by atoms with Crippen molar-refractivity contribution in [2.24, 2.45) is 0 Å². The molecule has 2 heterocycles. The smallest absolute Gasteiger partial charge is 0.0600 e. The Morgan fingerprint density at radius 3 is 2.94 bits per heavy atom. The van der Waals surface area contributed by atoms with E-state index in [9.17, 15) is 0 Å². The lowest BCUT2D eigenvalue weighted by Crippen LogP contribution is -2.49. The number of benzene rings is 1. The molecule has 3 nitrogen and oxygen atoms in total. The van der Waals surface area contributed by atoms with Crippen LogP contribution in [0.5, 0.6) is 0 Å². The molecule has 0 radical (unpaired) electrons. The highest BCUT2D eigenvalue weighted by atomic mass is 15.0. The van der Waals surface area contributed by atoms with Crippen molar-refractivity contribution in [1.82, 2.24) is 10.3 Å². The van der Waals surface area contributed by atoms with Gasteiger partial charge in [0.25, 0.3) is 0 Å². The van der Waals surface area contributed by atoms with Crippen LogP contribution in [-0.4, -0.2) is 23.1 Å². The maximum absolute atomic E-state index is 3.69. The predicted octanol–water partition coefficient (Wildman–Crippen LogP) is 3.11. The molecule has 96 valence electrons. The van der Waals surface area contributed by atoms with Gasteiger partial charge in [-0.15, -0.1) is 0 Å². The fraction of sp³-hybridized carbons (Fsp3) is 0.467. The van der Waals surface area contributed by atoms with Crippen LogP contribution in [0.15, 0.2) is 30.5 Å². The van der Waals surface area contributed by atoms with Crippen molar-refractivity contribution in [3.63, 3.8) is 0 Å². The third-order valence-electron chi connectivity index (χ3n) is 3.80. The molecule has 0 amide bonds. The van der Waals surface area contributed by atoms with E-state index >= 15 is 0 Å². The zero-order chi connectivity index (χ0) is 12.6. The molecular weight excluding hydrogens is 222 g/mol. The number of anilines is 1. The van der Waals surface area contributed by atoms with Crippen molar-refractivity contribution >= 4 is 16.6 Å². The maximum atomic E-state index is 3.69. The number of para-hydroxylation sites is 1. The van der Waals surface area contributed by atoms with Gasteiger partial charge in [-0.3, -0.25) is 0 Å². The molecule has 1 atom stereocenters. The summed E-state index contributed by atoms with van der Waals surface area (Å²) < 4.78 is 0. The molecule has 1 aliphatic heterocycles. The van der Waals surface area contributed by atoms with Crippen molar-refractivity contribution in [2.45, 2.75) is 38.3 Å². The fourth-order valence-electron chi connectivity index (χ4n) is 2.91. The SMILES string of the molecule is CC1(C)CC(Nc2c[nH]c3ccccc23)CCN1. The highest BCUT2D eigenvalue weighted by Gasteiger charge is 2.27. The first-order valence-corrected chi connectivity index (χ1v) is 6.72. The van der Waals surface area contributed by atoms with Crippen LogP contribution in [0.3, 0.4) is 0 Å². The van der Waals surface area contributed by atoms with E-state index in [1.165, 1.54) is 23.0 Å².